The largest absolute Gasteiger partial charge is 0.392 e. The van der Waals surface area contributed by atoms with Gasteiger partial charge in [-0.3, -0.25) is 0 Å². The predicted molar refractivity (Wildman–Crippen MR) is 54.6 cm³/mol. The Morgan fingerprint density at radius 2 is 2.50 bits per heavy atom. The summed E-state index contributed by atoms with van der Waals surface area (Å²) in [5.74, 6) is 3.47. The van der Waals surface area contributed by atoms with Gasteiger partial charge < -0.3 is 10.4 Å². The third-order valence-corrected chi connectivity index (χ3v) is 3.54. The number of thioether (sulfide) groups is 1. The van der Waals surface area contributed by atoms with E-state index in [2.05, 4.69) is 5.32 Å². The van der Waals surface area contributed by atoms with Crippen LogP contribution < -0.4 is 5.32 Å². The van der Waals surface area contributed by atoms with Crippen molar-refractivity contribution in [2.45, 2.75) is 25.9 Å². The Morgan fingerprint density at radius 3 is 3.08 bits per heavy atom. The maximum atomic E-state index is 9.26. The van der Waals surface area contributed by atoms with Gasteiger partial charge in [-0.25, -0.2) is 0 Å². The molecule has 0 aromatic heterocycles. The van der Waals surface area contributed by atoms with E-state index in [1.54, 1.807) is 0 Å². The van der Waals surface area contributed by atoms with E-state index in [1.165, 1.54) is 17.9 Å². The van der Waals surface area contributed by atoms with Crippen LogP contribution in [0.15, 0.2) is 0 Å². The smallest absolute Gasteiger partial charge is 0.0662 e. The van der Waals surface area contributed by atoms with Crippen LogP contribution in [0.4, 0.5) is 0 Å². The Morgan fingerprint density at radius 1 is 1.67 bits per heavy atom. The molecule has 72 valence electrons. The van der Waals surface area contributed by atoms with Gasteiger partial charge in [0.1, 0.15) is 0 Å². The Balaban J connectivity index is 1.94. The average Bonchev–Trinajstić information content (AvgIpc) is 2.57. The van der Waals surface area contributed by atoms with E-state index in [1.807, 2.05) is 18.7 Å². The molecule has 1 saturated heterocycles. The molecule has 2 N–H and O–H groups in total. The summed E-state index contributed by atoms with van der Waals surface area (Å²) in [5, 5.41) is 12.6. The molecule has 12 heavy (non-hydrogen) atoms. The first kappa shape index (κ1) is 10.4. The third-order valence-electron chi connectivity index (χ3n) is 2.31. The molecule has 1 fully saturated rings. The molecule has 1 heterocycles. The van der Waals surface area contributed by atoms with E-state index in [0.717, 1.165) is 25.4 Å². The zero-order chi connectivity index (χ0) is 8.81. The number of hydrogen-bond acceptors (Lipinski definition) is 3. The Labute approximate surface area is 79.1 Å². The van der Waals surface area contributed by atoms with Crippen molar-refractivity contribution in [3.8, 4) is 0 Å². The summed E-state index contributed by atoms with van der Waals surface area (Å²) in [6.07, 6.45) is 2.05. The minimum atomic E-state index is -0.154. The molecule has 0 aromatic rings. The Hall–Kier alpha value is 0.270. The van der Waals surface area contributed by atoms with Gasteiger partial charge in [0.2, 0.25) is 0 Å². The molecule has 0 aromatic carbocycles. The van der Waals surface area contributed by atoms with Gasteiger partial charge in [-0.2, -0.15) is 11.8 Å². The monoisotopic (exact) mass is 189 g/mol. The minimum Gasteiger partial charge on any atom is -0.392 e. The second kappa shape index (κ2) is 5.84. The maximum absolute atomic E-state index is 9.26. The van der Waals surface area contributed by atoms with Gasteiger partial charge in [-0.05, 0) is 36.8 Å². The molecule has 0 radical (unpaired) electrons. The molecular weight excluding hydrogens is 170 g/mol. The summed E-state index contributed by atoms with van der Waals surface area (Å²) in [4.78, 5) is 0. The summed E-state index contributed by atoms with van der Waals surface area (Å²) < 4.78 is 0. The lowest BCUT2D eigenvalue weighted by Gasteiger charge is -2.12. The lowest BCUT2D eigenvalue weighted by atomic mass is 10.1. The van der Waals surface area contributed by atoms with Crippen molar-refractivity contribution in [1.29, 1.82) is 0 Å². The summed E-state index contributed by atoms with van der Waals surface area (Å²) in [5.41, 5.74) is 0. The van der Waals surface area contributed by atoms with Crippen molar-refractivity contribution < 1.29 is 5.11 Å². The second-order valence-corrected chi connectivity index (χ2v) is 4.60. The van der Waals surface area contributed by atoms with E-state index >= 15 is 0 Å². The standard InChI is InChI=1S/C9H19NOS/c1-2-9(11)6-10-5-8-3-4-12-7-8/h8-11H,2-7H2,1H3. The van der Waals surface area contributed by atoms with Crippen molar-refractivity contribution in [3.63, 3.8) is 0 Å². The first-order chi connectivity index (χ1) is 5.83. The van der Waals surface area contributed by atoms with Crippen LogP contribution in [0.2, 0.25) is 0 Å². The van der Waals surface area contributed by atoms with E-state index < -0.39 is 0 Å². The van der Waals surface area contributed by atoms with Crippen LogP contribution in [0, 0.1) is 5.92 Å². The molecule has 0 bridgehead atoms. The molecule has 2 unspecified atom stereocenters. The van der Waals surface area contributed by atoms with Crippen molar-refractivity contribution in [3.05, 3.63) is 0 Å². The van der Waals surface area contributed by atoms with Crippen LogP contribution in [-0.2, 0) is 0 Å². The van der Waals surface area contributed by atoms with Crippen molar-refractivity contribution in [1.82, 2.24) is 5.32 Å². The Kier molecular flexibility index (Phi) is 5.04. The first-order valence-corrected chi connectivity index (χ1v) is 5.95. The lowest BCUT2D eigenvalue weighted by Crippen LogP contribution is -2.30. The van der Waals surface area contributed by atoms with Crippen molar-refractivity contribution >= 4 is 11.8 Å². The third kappa shape index (κ3) is 3.78. The first-order valence-electron chi connectivity index (χ1n) is 4.79. The zero-order valence-corrected chi connectivity index (χ0v) is 8.57. The van der Waals surface area contributed by atoms with Crippen molar-refractivity contribution in [2.24, 2.45) is 5.92 Å². The fourth-order valence-electron chi connectivity index (χ4n) is 1.34. The second-order valence-electron chi connectivity index (χ2n) is 3.45. The molecule has 0 aliphatic carbocycles. The highest BCUT2D eigenvalue weighted by atomic mass is 32.2. The van der Waals surface area contributed by atoms with Crippen molar-refractivity contribution in [2.75, 3.05) is 24.6 Å². The molecular formula is C9H19NOS. The topological polar surface area (TPSA) is 32.3 Å². The van der Waals surface area contributed by atoms with Crippen LogP contribution in [-0.4, -0.2) is 35.8 Å². The quantitative estimate of drug-likeness (QED) is 0.679. The predicted octanol–water partition coefficient (Wildman–Crippen LogP) is 1.10. The summed E-state index contributed by atoms with van der Waals surface area (Å²) in [6, 6.07) is 0. The van der Waals surface area contributed by atoms with Gasteiger partial charge in [-0.15, -0.1) is 0 Å². The van der Waals surface area contributed by atoms with Crippen LogP contribution in [0.1, 0.15) is 19.8 Å². The summed E-state index contributed by atoms with van der Waals surface area (Å²) in [7, 11) is 0. The highest BCUT2D eigenvalue weighted by Crippen LogP contribution is 2.22. The van der Waals surface area contributed by atoms with Crippen LogP contribution in [0.5, 0.6) is 0 Å². The number of aliphatic hydroxyl groups excluding tert-OH is 1. The molecule has 1 rings (SSSR count). The zero-order valence-electron chi connectivity index (χ0n) is 7.75. The molecule has 1 aliphatic heterocycles. The van der Waals surface area contributed by atoms with E-state index in [4.69, 9.17) is 0 Å². The van der Waals surface area contributed by atoms with Gasteiger partial charge in [-0.1, -0.05) is 6.92 Å². The van der Waals surface area contributed by atoms with Crippen LogP contribution in [0.25, 0.3) is 0 Å². The van der Waals surface area contributed by atoms with Gasteiger partial charge in [0, 0.05) is 6.54 Å². The number of hydrogen-bond donors (Lipinski definition) is 2. The molecule has 1 aliphatic rings. The molecule has 0 saturated carbocycles. The normalized spacial score (nSPS) is 26.0. The van der Waals surface area contributed by atoms with Crippen LogP contribution in [0.3, 0.4) is 0 Å². The fraction of sp³-hybridized carbons (Fsp3) is 1.00. The van der Waals surface area contributed by atoms with E-state index in [9.17, 15) is 5.11 Å². The minimum absolute atomic E-state index is 0.154. The lowest BCUT2D eigenvalue weighted by molar-refractivity contribution is 0.166. The van der Waals surface area contributed by atoms with Gasteiger partial charge >= 0.3 is 0 Å². The molecule has 0 spiro atoms. The number of nitrogens with one attached hydrogen (secondary N) is 1. The van der Waals surface area contributed by atoms with Gasteiger partial charge in [0.15, 0.2) is 0 Å². The van der Waals surface area contributed by atoms with E-state index in [0.29, 0.717) is 0 Å². The Bertz CT molecular complexity index is 115. The summed E-state index contributed by atoms with van der Waals surface area (Å²) in [6.45, 7) is 3.86. The number of aliphatic hydroxyl groups is 1. The summed E-state index contributed by atoms with van der Waals surface area (Å²) >= 11 is 2.04. The SMILES string of the molecule is CCC(O)CNCC1CCSC1. The molecule has 2 atom stereocenters. The average molecular weight is 189 g/mol. The molecule has 0 amide bonds. The van der Waals surface area contributed by atoms with Crippen LogP contribution >= 0.6 is 11.8 Å². The highest BCUT2D eigenvalue weighted by Gasteiger charge is 2.14. The maximum Gasteiger partial charge on any atom is 0.0662 e. The van der Waals surface area contributed by atoms with Gasteiger partial charge in [0.05, 0.1) is 6.10 Å². The molecule has 3 heteroatoms. The molecule has 2 nitrogen and oxygen atoms in total. The number of rotatable bonds is 5. The van der Waals surface area contributed by atoms with E-state index in [-0.39, 0.29) is 6.10 Å². The highest BCUT2D eigenvalue weighted by molar-refractivity contribution is 7.99. The fourth-order valence-corrected chi connectivity index (χ4v) is 2.63. The van der Waals surface area contributed by atoms with Gasteiger partial charge in [0.25, 0.3) is 0 Å².